The van der Waals surface area contributed by atoms with Crippen LogP contribution >= 0.6 is 11.6 Å². The molecule has 7 heteroatoms. The van der Waals surface area contributed by atoms with Gasteiger partial charge in [-0.15, -0.1) is 0 Å². The molecule has 6 nitrogen and oxygen atoms in total. The number of para-hydroxylation sites is 1. The Balaban J connectivity index is 1.64. The molecule has 0 saturated heterocycles. The van der Waals surface area contributed by atoms with E-state index in [0.29, 0.717) is 16.4 Å². The third-order valence-electron chi connectivity index (χ3n) is 3.26. The first-order chi connectivity index (χ1) is 11.5. The zero-order valence-electron chi connectivity index (χ0n) is 12.7. The van der Waals surface area contributed by atoms with Crippen molar-refractivity contribution in [1.82, 2.24) is 4.98 Å². The lowest BCUT2D eigenvalue weighted by atomic mass is 10.2. The van der Waals surface area contributed by atoms with Gasteiger partial charge in [0.1, 0.15) is 11.4 Å². The van der Waals surface area contributed by atoms with Crippen molar-refractivity contribution in [2.24, 2.45) is 0 Å². The Morgan fingerprint density at radius 1 is 1.25 bits per heavy atom. The predicted molar refractivity (Wildman–Crippen MR) is 89.0 cm³/mol. The van der Waals surface area contributed by atoms with Crippen molar-refractivity contribution in [2.45, 2.75) is 13.0 Å². The highest BCUT2D eigenvalue weighted by Gasteiger charge is 2.21. The van der Waals surface area contributed by atoms with Gasteiger partial charge in [-0.05, 0) is 31.2 Å². The van der Waals surface area contributed by atoms with Crippen LogP contribution in [0.15, 0.2) is 53.1 Å². The number of anilines is 1. The van der Waals surface area contributed by atoms with E-state index in [2.05, 4.69) is 10.3 Å². The van der Waals surface area contributed by atoms with Crippen molar-refractivity contribution in [2.75, 3.05) is 5.32 Å². The maximum Gasteiger partial charge on any atom is 0.375 e. The summed E-state index contributed by atoms with van der Waals surface area (Å²) in [5.74, 6) is -0.858. The number of esters is 1. The van der Waals surface area contributed by atoms with Crippen molar-refractivity contribution < 1.29 is 18.7 Å². The van der Waals surface area contributed by atoms with E-state index in [1.165, 1.54) is 13.1 Å². The van der Waals surface area contributed by atoms with Gasteiger partial charge in [-0.25, -0.2) is 9.78 Å². The molecule has 1 atom stereocenters. The first-order valence-electron chi connectivity index (χ1n) is 7.15. The normalized spacial score (nSPS) is 11.9. The highest BCUT2D eigenvalue weighted by atomic mass is 35.5. The molecule has 122 valence electrons. The largest absolute Gasteiger partial charge is 0.449 e. The number of hydrogen-bond donors (Lipinski definition) is 1. The minimum Gasteiger partial charge on any atom is -0.449 e. The highest BCUT2D eigenvalue weighted by Crippen LogP contribution is 2.20. The molecular formula is C17H13ClN2O4. The molecule has 2 heterocycles. The molecule has 3 rings (SSSR count). The lowest BCUT2D eigenvalue weighted by molar-refractivity contribution is -0.123. The standard InChI is InChI=1S/C17H13ClN2O4/c1-10(16(21)20-15-7-6-12(18)9-19-15)23-17(22)14-8-11-4-2-3-5-13(11)24-14/h2-10H,1H3,(H,19,20,21)/t10-/m0/s1. The summed E-state index contributed by atoms with van der Waals surface area (Å²) >= 11 is 5.73. The molecule has 0 aliphatic rings. The fraction of sp³-hybridized carbons (Fsp3) is 0.118. The Hall–Kier alpha value is -2.86. The van der Waals surface area contributed by atoms with Crippen LogP contribution in [0.3, 0.4) is 0 Å². The van der Waals surface area contributed by atoms with Crippen LogP contribution in [0.25, 0.3) is 11.0 Å². The van der Waals surface area contributed by atoms with Gasteiger partial charge in [-0.2, -0.15) is 0 Å². The first kappa shape index (κ1) is 16.0. The maximum absolute atomic E-state index is 12.1. The SMILES string of the molecule is C[C@H](OC(=O)c1cc2ccccc2o1)C(=O)Nc1ccc(Cl)cn1. The zero-order valence-corrected chi connectivity index (χ0v) is 13.4. The van der Waals surface area contributed by atoms with Crippen LogP contribution in [-0.4, -0.2) is 23.0 Å². The Morgan fingerprint density at radius 2 is 2.04 bits per heavy atom. The number of hydrogen-bond acceptors (Lipinski definition) is 5. The Kier molecular flexibility index (Phi) is 4.48. The summed E-state index contributed by atoms with van der Waals surface area (Å²) in [6.07, 6.45) is 0.394. The number of amides is 1. The molecular weight excluding hydrogens is 332 g/mol. The Bertz CT molecular complexity index is 856. The van der Waals surface area contributed by atoms with Crippen molar-refractivity contribution >= 4 is 40.3 Å². The topological polar surface area (TPSA) is 81.4 Å². The smallest absolute Gasteiger partial charge is 0.375 e. The minimum absolute atomic E-state index is 0.0421. The van der Waals surface area contributed by atoms with E-state index in [1.807, 2.05) is 12.1 Å². The summed E-state index contributed by atoms with van der Waals surface area (Å²) in [6.45, 7) is 1.46. The fourth-order valence-electron chi connectivity index (χ4n) is 2.03. The molecule has 0 aliphatic heterocycles. The molecule has 3 aromatic rings. The molecule has 0 unspecified atom stereocenters. The maximum atomic E-state index is 12.1. The third-order valence-corrected chi connectivity index (χ3v) is 3.48. The second kappa shape index (κ2) is 6.72. The first-order valence-corrected chi connectivity index (χ1v) is 7.53. The third kappa shape index (κ3) is 3.55. The number of carbonyl (C=O) groups excluding carboxylic acids is 2. The van der Waals surface area contributed by atoms with Gasteiger partial charge in [-0.3, -0.25) is 4.79 Å². The van der Waals surface area contributed by atoms with Gasteiger partial charge in [-0.1, -0.05) is 29.8 Å². The quantitative estimate of drug-likeness (QED) is 0.730. The van der Waals surface area contributed by atoms with E-state index >= 15 is 0 Å². The summed E-state index contributed by atoms with van der Waals surface area (Å²) in [5.41, 5.74) is 0.576. The van der Waals surface area contributed by atoms with Crippen molar-refractivity contribution in [3.8, 4) is 0 Å². The number of halogens is 1. The number of nitrogens with one attached hydrogen (secondary N) is 1. The van der Waals surface area contributed by atoms with Crippen LogP contribution in [0, 0.1) is 0 Å². The molecule has 1 aromatic carbocycles. The minimum atomic E-state index is -1.01. The van der Waals surface area contributed by atoms with Crippen LogP contribution in [0.1, 0.15) is 17.5 Å². The van der Waals surface area contributed by atoms with Crippen LogP contribution in [0.4, 0.5) is 5.82 Å². The van der Waals surface area contributed by atoms with Gasteiger partial charge in [0.2, 0.25) is 5.76 Å². The number of aromatic nitrogens is 1. The monoisotopic (exact) mass is 344 g/mol. The molecule has 0 aliphatic carbocycles. The summed E-state index contributed by atoms with van der Waals surface area (Å²) < 4.78 is 10.5. The summed E-state index contributed by atoms with van der Waals surface area (Å²) in [5, 5.41) is 3.78. The van der Waals surface area contributed by atoms with Gasteiger partial charge in [0.05, 0.1) is 5.02 Å². The van der Waals surface area contributed by atoms with Crippen LogP contribution in [-0.2, 0) is 9.53 Å². The van der Waals surface area contributed by atoms with E-state index in [9.17, 15) is 9.59 Å². The number of benzene rings is 1. The number of furan rings is 1. The van der Waals surface area contributed by atoms with Gasteiger partial charge < -0.3 is 14.5 Å². The molecule has 2 aromatic heterocycles. The Labute approximate surface area is 142 Å². The average Bonchev–Trinajstić information content (AvgIpc) is 3.01. The van der Waals surface area contributed by atoms with Gasteiger partial charge in [0.15, 0.2) is 6.10 Å². The summed E-state index contributed by atoms with van der Waals surface area (Å²) in [4.78, 5) is 28.1. The van der Waals surface area contributed by atoms with Crippen molar-refractivity contribution in [1.29, 1.82) is 0 Å². The summed E-state index contributed by atoms with van der Waals surface area (Å²) in [6, 6.07) is 11.9. The Morgan fingerprint density at radius 3 is 2.75 bits per heavy atom. The lowest BCUT2D eigenvalue weighted by Gasteiger charge is -2.12. The van der Waals surface area contributed by atoms with E-state index in [0.717, 1.165) is 5.39 Å². The summed E-state index contributed by atoms with van der Waals surface area (Å²) in [7, 11) is 0. The second-order valence-electron chi connectivity index (χ2n) is 5.05. The van der Waals surface area contributed by atoms with Gasteiger partial charge in [0.25, 0.3) is 5.91 Å². The molecule has 0 bridgehead atoms. The molecule has 1 N–H and O–H groups in total. The predicted octanol–water partition coefficient (Wildman–Crippen LogP) is 3.67. The zero-order chi connectivity index (χ0) is 17.1. The molecule has 0 radical (unpaired) electrons. The molecule has 24 heavy (non-hydrogen) atoms. The number of rotatable bonds is 4. The lowest BCUT2D eigenvalue weighted by Crippen LogP contribution is -2.30. The average molecular weight is 345 g/mol. The number of carbonyl (C=O) groups is 2. The van der Waals surface area contributed by atoms with Gasteiger partial charge in [0, 0.05) is 11.6 Å². The van der Waals surface area contributed by atoms with Crippen LogP contribution in [0.2, 0.25) is 5.02 Å². The number of fused-ring (bicyclic) bond motifs is 1. The molecule has 0 spiro atoms. The number of nitrogens with zero attached hydrogens (tertiary/aromatic N) is 1. The van der Waals surface area contributed by atoms with E-state index in [1.54, 1.807) is 30.3 Å². The fourth-order valence-corrected chi connectivity index (χ4v) is 2.14. The highest BCUT2D eigenvalue weighted by molar-refractivity contribution is 6.30. The molecule has 0 fully saturated rings. The van der Waals surface area contributed by atoms with E-state index in [4.69, 9.17) is 20.8 Å². The van der Waals surface area contributed by atoms with Crippen molar-refractivity contribution in [3.05, 3.63) is 59.4 Å². The number of pyridine rings is 1. The van der Waals surface area contributed by atoms with Crippen LogP contribution < -0.4 is 5.32 Å². The van der Waals surface area contributed by atoms with Crippen molar-refractivity contribution in [3.63, 3.8) is 0 Å². The van der Waals surface area contributed by atoms with Gasteiger partial charge >= 0.3 is 5.97 Å². The molecule has 1 amide bonds. The van der Waals surface area contributed by atoms with Crippen LogP contribution in [0.5, 0.6) is 0 Å². The van der Waals surface area contributed by atoms with E-state index in [-0.39, 0.29) is 5.76 Å². The van der Waals surface area contributed by atoms with E-state index < -0.39 is 18.0 Å². The number of ether oxygens (including phenoxy) is 1. The second-order valence-corrected chi connectivity index (χ2v) is 5.48. The molecule has 0 saturated carbocycles.